The van der Waals surface area contributed by atoms with Crippen LogP contribution in [-0.2, 0) is 14.3 Å². The van der Waals surface area contributed by atoms with E-state index < -0.39 is 16.9 Å². The Balaban J connectivity index is 1.88. The van der Waals surface area contributed by atoms with Crippen molar-refractivity contribution >= 4 is 29.6 Å². The summed E-state index contributed by atoms with van der Waals surface area (Å²) in [7, 11) is 0. The minimum atomic E-state index is -0.655. The van der Waals surface area contributed by atoms with Gasteiger partial charge in [0.25, 0.3) is 5.69 Å². The summed E-state index contributed by atoms with van der Waals surface area (Å²) in [5.74, 6) is -0.695. The Hall–Kier alpha value is -3.81. The third-order valence-electron chi connectivity index (χ3n) is 3.72. The van der Waals surface area contributed by atoms with Crippen molar-refractivity contribution in [2.24, 2.45) is 4.99 Å². The molecule has 0 unspecified atom stereocenters. The van der Waals surface area contributed by atoms with E-state index in [2.05, 4.69) is 4.99 Å². The number of esters is 2. The van der Waals surface area contributed by atoms with Crippen molar-refractivity contribution in [3.8, 4) is 5.75 Å². The van der Waals surface area contributed by atoms with E-state index in [0.717, 1.165) is 0 Å². The van der Waals surface area contributed by atoms with Crippen LogP contribution in [0, 0.1) is 17.0 Å². The Bertz CT molecular complexity index is 1010. The first kappa shape index (κ1) is 18.0. The lowest BCUT2D eigenvalue weighted by Crippen LogP contribution is -2.06. The van der Waals surface area contributed by atoms with E-state index in [1.165, 1.54) is 19.1 Å². The van der Waals surface area contributed by atoms with Gasteiger partial charge in [-0.1, -0.05) is 18.2 Å². The number of nitro groups is 1. The summed E-state index contributed by atoms with van der Waals surface area (Å²) in [5.41, 5.74) is 1.47. The molecule has 2 aromatic carbocycles. The Morgan fingerprint density at radius 1 is 1.22 bits per heavy atom. The lowest BCUT2D eigenvalue weighted by Gasteiger charge is -2.01. The predicted octanol–water partition coefficient (Wildman–Crippen LogP) is 3.17. The monoisotopic (exact) mass is 366 g/mol. The van der Waals surface area contributed by atoms with Gasteiger partial charge in [0.15, 0.2) is 5.70 Å². The fraction of sp³-hybridized carbons (Fsp3) is 0.105. The second-order valence-corrected chi connectivity index (χ2v) is 5.76. The van der Waals surface area contributed by atoms with Gasteiger partial charge in [-0.15, -0.1) is 0 Å². The molecule has 27 heavy (non-hydrogen) atoms. The van der Waals surface area contributed by atoms with Crippen LogP contribution in [0.3, 0.4) is 0 Å². The van der Waals surface area contributed by atoms with Crippen LogP contribution < -0.4 is 4.74 Å². The summed E-state index contributed by atoms with van der Waals surface area (Å²) in [6.45, 7) is 2.92. The topological polar surface area (TPSA) is 108 Å². The molecule has 3 rings (SSSR count). The molecule has 0 amide bonds. The number of ether oxygens (including phenoxy) is 2. The summed E-state index contributed by atoms with van der Waals surface area (Å²) >= 11 is 0. The number of aryl methyl sites for hydroxylation is 1. The number of cyclic esters (lactones) is 1. The van der Waals surface area contributed by atoms with Crippen LogP contribution in [-0.4, -0.2) is 22.8 Å². The molecular formula is C19H14N2O6. The van der Waals surface area contributed by atoms with Crippen LogP contribution in [0.4, 0.5) is 5.69 Å². The summed E-state index contributed by atoms with van der Waals surface area (Å²) in [6, 6.07) is 11.0. The first-order valence-corrected chi connectivity index (χ1v) is 7.90. The molecule has 0 atom stereocenters. The Morgan fingerprint density at radius 2 is 1.93 bits per heavy atom. The summed E-state index contributed by atoms with van der Waals surface area (Å²) < 4.78 is 10.1. The maximum atomic E-state index is 12.1. The largest absolute Gasteiger partial charge is 0.427 e. The number of carbonyl (C=O) groups is 2. The summed E-state index contributed by atoms with van der Waals surface area (Å²) in [5, 5.41) is 11.1. The van der Waals surface area contributed by atoms with Crippen LogP contribution in [0.1, 0.15) is 23.6 Å². The summed E-state index contributed by atoms with van der Waals surface area (Å²) in [6.07, 6.45) is 1.51. The molecule has 0 spiro atoms. The third-order valence-corrected chi connectivity index (χ3v) is 3.72. The molecule has 0 bridgehead atoms. The van der Waals surface area contributed by atoms with Crippen LogP contribution in [0.2, 0.25) is 0 Å². The van der Waals surface area contributed by atoms with Gasteiger partial charge in [-0.05, 0) is 36.8 Å². The van der Waals surface area contributed by atoms with E-state index in [9.17, 15) is 19.7 Å². The maximum Gasteiger partial charge on any atom is 0.363 e. The van der Waals surface area contributed by atoms with E-state index in [-0.39, 0.29) is 17.3 Å². The van der Waals surface area contributed by atoms with Crippen LogP contribution in [0.25, 0.3) is 6.08 Å². The number of nitro benzene ring substituents is 1. The Morgan fingerprint density at radius 3 is 2.56 bits per heavy atom. The molecule has 0 N–H and O–H groups in total. The number of aliphatic imine (C=N–C) groups is 1. The van der Waals surface area contributed by atoms with Crippen molar-refractivity contribution < 1.29 is 24.0 Å². The highest BCUT2D eigenvalue weighted by Crippen LogP contribution is 2.24. The standard InChI is InChI=1S/C19H14N2O6/c1-11-3-6-14(10-17(11)21(24)25)18-20-16(19(23)27-18)9-13-4-7-15(8-5-13)26-12(2)22/h3-10H,1-2H3/b16-9+. The van der Waals surface area contributed by atoms with Gasteiger partial charge in [0.2, 0.25) is 5.90 Å². The minimum Gasteiger partial charge on any atom is -0.427 e. The molecule has 0 fully saturated rings. The van der Waals surface area contributed by atoms with E-state index in [0.29, 0.717) is 22.4 Å². The minimum absolute atomic E-state index is 0.00545. The highest BCUT2D eigenvalue weighted by atomic mass is 16.6. The Labute approximate surface area is 153 Å². The SMILES string of the molecule is CC(=O)Oc1ccc(/C=C2/N=C(c3ccc(C)c([N+](=O)[O-])c3)OC2=O)cc1. The predicted molar refractivity (Wildman–Crippen MR) is 96.2 cm³/mol. The second-order valence-electron chi connectivity index (χ2n) is 5.76. The van der Waals surface area contributed by atoms with Crippen molar-refractivity contribution in [2.75, 3.05) is 0 Å². The van der Waals surface area contributed by atoms with Crippen molar-refractivity contribution in [1.29, 1.82) is 0 Å². The number of hydrogen-bond acceptors (Lipinski definition) is 7. The van der Waals surface area contributed by atoms with Gasteiger partial charge in [-0.2, -0.15) is 0 Å². The first-order valence-electron chi connectivity index (χ1n) is 7.90. The maximum absolute atomic E-state index is 12.1. The third kappa shape index (κ3) is 4.06. The van der Waals surface area contributed by atoms with Gasteiger partial charge >= 0.3 is 11.9 Å². The zero-order valence-corrected chi connectivity index (χ0v) is 14.5. The summed E-state index contributed by atoms with van der Waals surface area (Å²) in [4.78, 5) is 37.7. The molecular weight excluding hydrogens is 352 g/mol. The lowest BCUT2D eigenvalue weighted by molar-refractivity contribution is -0.385. The van der Waals surface area contributed by atoms with Crippen LogP contribution >= 0.6 is 0 Å². The quantitative estimate of drug-likeness (QED) is 0.270. The van der Waals surface area contributed by atoms with Crippen molar-refractivity contribution in [3.63, 3.8) is 0 Å². The number of benzene rings is 2. The van der Waals surface area contributed by atoms with Gasteiger partial charge in [-0.25, -0.2) is 9.79 Å². The van der Waals surface area contributed by atoms with Gasteiger partial charge in [-0.3, -0.25) is 14.9 Å². The number of hydrogen-bond donors (Lipinski definition) is 0. The van der Waals surface area contributed by atoms with Crippen molar-refractivity contribution in [2.45, 2.75) is 13.8 Å². The van der Waals surface area contributed by atoms with Gasteiger partial charge < -0.3 is 9.47 Å². The molecule has 0 aromatic heterocycles. The molecule has 136 valence electrons. The normalized spacial score (nSPS) is 14.7. The van der Waals surface area contributed by atoms with E-state index in [1.54, 1.807) is 43.3 Å². The lowest BCUT2D eigenvalue weighted by atomic mass is 10.1. The van der Waals surface area contributed by atoms with Crippen LogP contribution in [0.5, 0.6) is 5.75 Å². The van der Waals surface area contributed by atoms with Gasteiger partial charge in [0.1, 0.15) is 5.75 Å². The zero-order chi connectivity index (χ0) is 19.6. The number of rotatable bonds is 4. The van der Waals surface area contributed by atoms with Gasteiger partial charge in [0.05, 0.1) is 4.92 Å². The number of nitrogens with zero attached hydrogens (tertiary/aromatic N) is 2. The molecule has 1 heterocycles. The smallest absolute Gasteiger partial charge is 0.363 e. The highest BCUT2D eigenvalue weighted by Gasteiger charge is 2.25. The molecule has 0 saturated heterocycles. The van der Waals surface area contributed by atoms with E-state index in [4.69, 9.17) is 9.47 Å². The molecule has 2 aromatic rings. The van der Waals surface area contributed by atoms with Gasteiger partial charge in [0, 0.05) is 24.1 Å². The molecule has 1 aliphatic rings. The van der Waals surface area contributed by atoms with E-state index in [1.807, 2.05) is 0 Å². The molecule has 0 saturated carbocycles. The highest BCUT2D eigenvalue weighted by molar-refractivity contribution is 6.13. The van der Waals surface area contributed by atoms with E-state index >= 15 is 0 Å². The molecule has 0 aliphatic carbocycles. The Kier molecular flexibility index (Phi) is 4.80. The average Bonchev–Trinajstić information content (AvgIpc) is 2.97. The molecule has 8 nitrogen and oxygen atoms in total. The fourth-order valence-electron chi connectivity index (χ4n) is 2.43. The zero-order valence-electron chi connectivity index (χ0n) is 14.5. The fourth-order valence-corrected chi connectivity index (χ4v) is 2.43. The average molecular weight is 366 g/mol. The van der Waals surface area contributed by atoms with Crippen LogP contribution in [0.15, 0.2) is 53.2 Å². The van der Waals surface area contributed by atoms with Crippen molar-refractivity contribution in [3.05, 3.63) is 75.0 Å². The molecule has 8 heteroatoms. The second kappa shape index (κ2) is 7.20. The first-order chi connectivity index (χ1) is 12.8. The molecule has 1 aliphatic heterocycles. The molecule has 0 radical (unpaired) electrons. The number of carbonyl (C=O) groups excluding carboxylic acids is 2. The van der Waals surface area contributed by atoms with Crippen molar-refractivity contribution in [1.82, 2.24) is 0 Å².